The second kappa shape index (κ2) is 9.80. The highest BCUT2D eigenvalue weighted by Crippen LogP contribution is 2.28. The van der Waals surface area contributed by atoms with Gasteiger partial charge in [0, 0.05) is 9.37 Å². The average molecular weight is 452 g/mol. The lowest BCUT2D eigenvalue weighted by Gasteiger charge is -2.15. The zero-order valence-corrected chi connectivity index (χ0v) is 18.1. The van der Waals surface area contributed by atoms with E-state index in [1.54, 1.807) is 31.2 Å². The van der Waals surface area contributed by atoms with E-state index in [2.05, 4.69) is 21.2 Å². The second-order valence-corrected chi connectivity index (χ2v) is 7.85. The van der Waals surface area contributed by atoms with Crippen LogP contribution in [-0.2, 0) is 14.3 Å². The Bertz CT molecular complexity index is 841. The van der Waals surface area contributed by atoms with Crippen molar-refractivity contribution in [1.29, 1.82) is 0 Å². The van der Waals surface area contributed by atoms with Crippen molar-refractivity contribution in [2.24, 2.45) is 0 Å². The highest BCUT2D eigenvalue weighted by atomic mass is 79.9. The molecule has 1 unspecified atom stereocenters. The van der Waals surface area contributed by atoms with Gasteiger partial charge in [0.25, 0.3) is 5.91 Å². The van der Waals surface area contributed by atoms with Crippen LogP contribution in [0.2, 0.25) is 0 Å². The molecule has 2 aromatic carbocycles. The van der Waals surface area contributed by atoms with Crippen molar-refractivity contribution in [3.8, 4) is 5.75 Å². The van der Waals surface area contributed by atoms with Gasteiger partial charge in [0.05, 0.1) is 18.6 Å². The van der Waals surface area contributed by atoms with E-state index in [1.165, 1.54) is 18.9 Å². The molecule has 0 aromatic heterocycles. The Kier molecular flexibility index (Phi) is 7.74. The van der Waals surface area contributed by atoms with Gasteiger partial charge in [-0.2, -0.15) is 0 Å². The number of hydrogen-bond acceptors (Lipinski definition) is 5. The van der Waals surface area contributed by atoms with Gasteiger partial charge in [-0.15, -0.1) is 11.8 Å². The number of benzene rings is 2. The number of carbonyl (C=O) groups excluding carboxylic acids is 2. The fourth-order valence-electron chi connectivity index (χ4n) is 2.31. The van der Waals surface area contributed by atoms with Gasteiger partial charge in [0.15, 0.2) is 6.10 Å². The summed E-state index contributed by atoms with van der Waals surface area (Å²) in [7, 11) is 1.53. The van der Waals surface area contributed by atoms with Crippen LogP contribution in [0, 0.1) is 13.8 Å². The summed E-state index contributed by atoms with van der Waals surface area (Å²) in [5.41, 5.74) is 2.71. The average Bonchev–Trinajstić information content (AvgIpc) is 2.64. The van der Waals surface area contributed by atoms with E-state index in [0.717, 1.165) is 20.5 Å². The van der Waals surface area contributed by atoms with Crippen molar-refractivity contribution in [1.82, 2.24) is 0 Å². The first kappa shape index (κ1) is 21.3. The molecule has 0 spiro atoms. The first-order chi connectivity index (χ1) is 12.8. The summed E-state index contributed by atoms with van der Waals surface area (Å²) in [6.07, 6.45) is -0.907. The Morgan fingerprint density at radius 3 is 2.59 bits per heavy atom. The number of amides is 1. The smallest absolute Gasteiger partial charge is 0.317 e. The minimum Gasteiger partial charge on any atom is -0.495 e. The number of esters is 1. The monoisotopic (exact) mass is 451 g/mol. The highest BCUT2D eigenvalue weighted by molar-refractivity contribution is 9.10. The standard InChI is InChI=1S/C20H22BrNO4S/c1-12-10-18(13(2)9-15(12)21)27-11-19(23)26-14(3)20(24)22-16-7-5-6-8-17(16)25-4/h5-10,14H,11H2,1-4H3,(H,22,24). The molecule has 7 heteroatoms. The summed E-state index contributed by atoms with van der Waals surface area (Å²) in [6.45, 7) is 5.53. The van der Waals surface area contributed by atoms with Gasteiger partial charge in [0.1, 0.15) is 5.75 Å². The molecule has 0 aliphatic carbocycles. The molecular weight excluding hydrogens is 430 g/mol. The summed E-state index contributed by atoms with van der Waals surface area (Å²) < 4.78 is 11.5. The third-order valence-electron chi connectivity index (χ3n) is 3.84. The lowest BCUT2D eigenvalue weighted by atomic mass is 10.2. The minimum atomic E-state index is -0.907. The maximum atomic E-state index is 12.3. The molecular formula is C20H22BrNO4S. The minimum absolute atomic E-state index is 0.133. The molecule has 0 radical (unpaired) electrons. The Labute approximate surface area is 171 Å². The lowest BCUT2D eigenvalue weighted by Crippen LogP contribution is -2.30. The van der Waals surface area contributed by atoms with Gasteiger partial charge in [-0.25, -0.2) is 0 Å². The largest absolute Gasteiger partial charge is 0.495 e. The van der Waals surface area contributed by atoms with Gasteiger partial charge in [-0.05, 0) is 56.2 Å². The van der Waals surface area contributed by atoms with Crippen LogP contribution < -0.4 is 10.1 Å². The van der Waals surface area contributed by atoms with Crippen molar-refractivity contribution >= 4 is 45.3 Å². The summed E-state index contributed by atoms with van der Waals surface area (Å²) in [4.78, 5) is 25.4. The van der Waals surface area contributed by atoms with Crippen molar-refractivity contribution in [2.75, 3.05) is 18.2 Å². The van der Waals surface area contributed by atoms with E-state index in [-0.39, 0.29) is 5.75 Å². The number of thioether (sulfide) groups is 1. The highest BCUT2D eigenvalue weighted by Gasteiger charge is 2.19. The van der Waals surface area contributed by atoms with E-state index < -0.39 is 18.0 Å². The molecule has 1 amide bonds. The number of nitrogens with one attached hydrogen (secondary N) is 1. The van der Waals surface area contributed by atoms with Crippen LogP contribution >= 0.6 is 27.7 Å². The Hall–Kier alpha value is -1.99. The van der Waals surface area contributed by atoms with Crippen molar-refractivity contribution in [2.45, 2.75) is 31.8 Å². The Morgan fingerprint density at radius 1 is 1.19 bits per heavy atom. The molecule has 5 nitrogen and oxygen atoms in total. The molecule has 27 heavy (non-hydrogen) atoms. The molecule has 0 aliphatic rings. The number of methoxy groups -OCH3 is 1. The number of carbonyl (C=O) groups is 2. The molecule has 0 saturated carbocycles. The van der Waals surface area contributed by atoms with Crippen molar-refractivity contribution in [3.63, 3.8) is 0 Å². The van der Waals surface area contributed by atoms with Crippen LogP contribution in [0.15, 0.2) is 45.8 Å². The first-order valence-electron chi connectivity index (χ1n) is 8.34. The van der Waals surface area contributed by atoms with Gasteiger partial charge >= 0.3 is 5.97 Å². The van der Waals surface area contributed by atoms with Gasteiger partial charge in [-0.1, -0.05) is 28.1 Å². The molecule has 0 heterocycles. The normalized spacial score (nSPS) is 11.6. The van der Waals surface area contributed by atoms with E-state index in [4.69, 9.17) is 9.47 Å². The third-order valence-corrected chi connectivity index (χ3v) is 5.83. The second-order valence-electron chi connectivity index (χ2n) is 5.98. The van der Waals surface area contributed by atoms with Crippen LogP contribution in [0.4, 0.5) is 5.69 Å². The van der Waals surface area contributed by atoms with Crippen molar-refractivity contribution < 1.29 is 19.1 Å². The molecule has 144 valence electrons. The number of anilines is 1. The summed E-state index contributed by atoms with van der Waals surface area (Å²) >= 11 is 4.89. The maximum absolute atomic E-state index is 12.3. The van der Waals surface area contributed by atoms with Gasteiger partial charge in [-0.3, -0.25) is 9.59 Å². The van der Waals surface area contributed by atoms with E-state index in [1.807, 2.05) is 26.0 Å². The number of halogens is 1. The number of aryl methyl sites for hydroxylation is 2. The van der Waals surface area contributed by atoms with Crippen LogP contribution in [-0.4, -0.2) is 30.8 Å². The predicted molar refractivity (Wildman–Crippen MR) is 112 cm³/mol. The number of ether oxygens (including phenoxy) is 2. The van der Waals surface area contributed by atoms with E-state index in [0.29, 0.717) is 11.4 Å². The number of hydrogen-bond donors (Lipinski definition) is 1. The zero-order valence-electron chi connectivity index (χ0n) is 15.7. The summed E-state index contributed by atoms with van der Waals surface area (Å²) in [6, 6.07) is 11.1. The first-order valence-corrected chi connectivity index (χ1v) is 10.1. The van der Waals surface area contributed by atoms with Gasteiger partial charge in [0.2, 0.25) is 0 Å². The molecule has 0 aliphatic heterocycles. The fraction of sp³-hybridized carbons (Fsp3) is 0.300. The summed E-state index contributed by atoms with van der Waals surface area (Å²) in [5, 5.41) is 2.71. The van der Waals surface area contributed by atoms with Crippen LogP contribution in [0.1, 0.15) is 18.1 Å². The Morgan fingerprint density at radius 2 is 1.89 bits per heavy atom. The van der Waals surface area contributed by atoms with Crippen molar-refractivity contribution in [3.05, 3.63) is 52.0 Å². The Balaban J connectivity index is 1.89. The zero-order chi connectivity index (χ0) is 20.0. The quantitative estimate of drug-likeness (QED) is 0.486. The summed E-state index contributed by atoms with van der Waals surface area (Å²) in [5.74, 6) is -0.175. The molecule has 0 saturated heterocycles. The number of para-hydroxylation sites is 2. The molecule has 0 bridgehead atoms. The van der Waals surface area contributed by atoms with E-state index in [9.17, 15) is 9.59 Å². The molecule has 1 atom stereocenters. The third kappa shape index (κ3) is 6.01. The van der Waals surface area contributed by atoms with Crippen LogP contribution in [0.3, 0.4) is 0 Å². The fourth-order valence-corrected chi connectivity index (χ4v) is 3.66. The topological polar surface area (TPSA) is 64.6 Å². The molecule has 0 fully saturated rings. The van der Waals surface area contributed by atoms with Crippen LogP contribution in [0.5, 0.6) is 5.75 Å². The molecule has 1 N–H and O–H groups in total. The SMILES string of the molecule is COc1ccccc1NC(=O)C(C)OC(=O)CSc1cc(C)c(Br)cc1C. The van der Waals surface area contributed by atoms with Crippen LogP contribution in [0.25, 0.3) is 0 Å². The molecule has 2 rings (SSSR count). The van der Waals surface area contributed by atoms with E-state index >= 15 is 0 Å². The molecule has 2 aromatic rings. The maximum Gasteiger partial charge on any atom is 0.317 e. The lowest BCUT2D eigenvalue weighted by molar-refractivity contribution is -0.150. The number of rotatable bonds is 7. The predicted octanol–water partition coefficient (Wildman–Crippen LogP) is 4.74. The van der Waals surface area contributed by atoms with Gasteiger partial charge < -0.3 is 14.8 Å².